The van der Waals surface area contributed by atoms with Crippen LogP contribution in [0.3, 0.4) is 0 Å². The van der Waals surface area contributed by atoms with Crippen molar-refractivity contribution in [3.63, 3.8) is 0 Å². The van der Waals surface area contributed by atoms with Crippen LogP contribution in [0.1, 0.15) is 19.3 Å². The third kappa shape index (κ3) is 2.66. The summed E-state index contributed by atoms with van der Waals surface area (Å²) in [6.45, 7) is -0.204. The first kappa shape index (κ1) is 9.83. The second kappa shape index (κ2) is 3.64. The van der Waals surface area contributed by atoms with Crippen molar-refractivity contribution in [2.75, 3.05) is 6.61 Å². The number of hydrogen-bond acceptors (Lipinski definition) is 3. The molecule has 1 aliphatic rings. The summed E-state index contributed by atoms with van der Waals surface area (Å²) in [5.74, 6) is -2.62. The minimum atomic E-state index is -2.62. The Bertz CT molecular complexity index is 144. The Morgan fingerprint density at radius 3 is 2.50 bits per heavy atom. The minimum absolute atomic E-state index is 0.0715. The summed E-state index contributed by atoms with van der Waals surface area (Å²) in [6, 6.07) is 0. The zero-order valence-corrected chi connectivity index (χ0v) is 6.54. The summed E-state index contributed by atoms with van der Waals surface area (Å²) in [4.78, 5) is 0. The predicted octanol–water partition coefficient (Wildman–Crippen LogP) is 0.502. The van der Waals surface area contributed by atoms with Gasteiger partial charge in [-0.3, -0.25) is 0 Å². The fourth-order valence-electron chi connectivity index (χ4n) is 1.10. The molecule has 1 fully saturated rings. The van der Waals surface area contributed by atoms with Crippen molar-refractivity contribution in [3.05, 3.63) is 0 Å². The van der Waals surface area contributed by atoms with Gasteiger partial charge in [0, 0.05) is 25.9 Å². The van der Waals surface area contributed by atoms with E-state index >= 15 is 0 Å². The molecule has 2 N–H and O–H groups in total. The molecule has 0 saturated heterocycles. The minimum Gasteiger partial charge on any atom is -0.396 e. The van der Waals surface area contributed by atoms with Gasteiger partial charge in [-0.2, -0.15) is 0 Å². The summed E-state index contributed by atoms with van der Waals surface area (Å²) < 4.78 is 29.2. The molecule has 0 amide bonds. The van der Waals surface area contributed by atoms with Gasteiger partial charge in [-0.15, -0.1) is 0 Å². The summed E-state index contributed by atoms with van der Waals surface area (Å²) >= 11 is 0. The molecular formula is C7H12F2O3. The maximum Gasteiger partial charge on any atom is 0.253 e. The number of halogens is 2. The van der Waals surface area contributed by atoms with E-state index < -0.39 is 18.3 Å². The number of alkyl halides is 2. The highest BCUT2D eigenvalue weighted by molar-refractivity contribution is 4.87. The number of hydrogen-bond donors (Lipinski definition) is 2. The van der Waals surface area contributed by atoms with Gasteiger partial charge in [0.05, 0.1) is 6.10 Å². The van der Waals surface area contributed by atoms with Crippen LogP contribution in [-0.2, 0) is 4.74 Å². The van der Waals surface area contributed by atoms with Crippen LogP contribution in [-0.4, -0.2) is 35.1 Å². The summed E-state index contributed by atoms with van der Waals surface area (Å²) in [7, 11) is 0. The first-order chi connectivity index (χ1) is 5.53. The third-order valence-electron chi connectivity index (χ3n) is 1.78. The van der Waals surface area contributed by atoms with E-state index in [4.69, 9.17) is 14.9 Å². The van der Waals surface area contributed by atoms with E-state index in [1.807, 2.05) is 0 Å². The van der Waals surface area contributed by atoms with E-state index in [0.29, 0.717) is 0 Å². The van der Waals surface area contributed by atoms with E-state index in [1.165, 1.54) is 0 Å². The molecule has 1 rings (SSSR count). The molecule has 0 aromatic heterocycles. The predicted molar refractivity (Wildman–Crippen MR) is 36.8 cm³/mol. The second-order valence-corrected chi connectivity index (χ2v) is 2.99. The first-order valence-electron chi connectivity index (χ1n) is 3.86. The SMILES string of the molecule is OCCC(O)OC1CC(F)(F)C1. The zero-order chi connectivity index (χ0) is 9.19. The Morgan fingerprint density at radius 1 is 1.50 bits per heavy atom. The number of aliphatic hydroxyl groups is 2. The molecule has 0 heterocycles. The summed E-state index contributed by atoms with van der Waals surface area (Å²) in [6.07, 6.45) is -2.25. The standard InChI is InChI=1S/C7H12F2O3/c8-7(9)3-5(4-7)12-6(11)1-2-10/h5-6,10-11H,1-4H2. The van der Waals surface area contributed by atoms with Gasteiger partial charge >= 0.3 is 0 Å². The smallest absolute Gasteiger partial charge is 0.253 e. The Labute approximate surface area is 69.0 Å². The van der Waals surface area contributed by atoms with Gasteiger partial charge in [-0.1, -0.05) is 0 Å². The fourth-order valence-corrected chi connectivity index (χ4v) is 1.10. The fraction of sp³-hybridized carbons (Fsp3) is 1.00. The van der Waals surface area contributed by atoms with E-state index in [9.17, 15) is 8.78 Å². The highest BCUT2D eigenvalue weighted by atomic mass is 19.3. The molecule has 0 radical (unpaired) electrons. The van der Waals surface area contributed by atoms with Gasteiger partial charge in [0.15, 0.2) is 6.29 Å². The zero-order valence-electron chi connectivity index (χ0n) is 6.54. The highest BCUT2D eigenvalue weighted by Crippen LogP contribution is 2.39. The lowest BCUT2D eigenvalue weighted by molar-refractivity contribution is -0.225. The van der Waals surface area contributed by atoms with Crippen molar-refractivity contribution < 1.29 is 23.7 Å². The molecule has 0 aromatic rings. The Morgan fingerprint density at radius 2 is 2.08 bits per heavy atom. The molecule has 0 aromatic carbocycles. The summed E-state index contributed by atoms with van der Waals surface area (Å²) in [5, 5.41) is 17.3. The summed E-state index contributed by atoms with van der Waals surface area (Å²) in [5.41, 5.74) is 0. The first-order valence-corrected chi connectivity index (χ1v) is 3.86. The molecule has 0 spiro atoms. The van der Waals surface area contributed by atoms with Crippen LogP contribution in [0.25, 0.3) is 0 Å². The van der Waals surface area contributed by atoms with E-state index in [0.717, 1.165) is 0 Å². The lowest BCUT2D eigenvalue weighted by atomic mass is 9.91. The van der Waals surface area contributed by atoms with Crippen molar-refractivity contribution in [3.8, 4) is 0 Å². The molecule has 1 unspecified atom stereocenters. The van der Waals surface area contributed by atoms with Gasteiger partial charge in [0.2, 0.25) is 0 Å². The molecule has 0 bridgehead atoms. The van der Waals surface area contributed by atoms with Gasteiger partial charge in [-0.25, -0.2) is 8.78 Å². The van der Waals surface area contributed by atoms with Gasteiger partial charge in [-0.05, 0) is 0 Å². The molecule has 1 atom stereocenters. The van der Waals surface area contributed by atoms with Crippen molar-refractivity contribution in [2.45, 2.75) is 37.6 Å². The molecular weight excluding hydrogens is 170 g/mol. The average Bonchev–Trinajstić information content (AvgIpc) is 1.83. The lowest BCUT2D eigenvalue weighted by Gasteiger charge is -2.35. The molecule has 1 aliphatic carbocycles. The molecule has 3 nitrogen and oxygen atoms in total. The van der Waals surface area contributed by atoms with Crippen LogP contribution in [0.2, 0.25) is 0 Å². The highest BCUT2D eigenvalue weighted by Gasteiger charge is 2.46. The topological polar surface area (TPSA) is 49.7 Å². The maximum atomic E-state index is 12.2. The van der Waals surface area contributed by atoms with E-state index in [-0.39, 0.29) is 25.9 Å². The normalized spacial score (nSPS) is 25.0. The number of ether oxygens (including phenoxy) is 1. The van der Waals surface area contributed by atoms with Crippen molar-refractivity contribution in [1.82, 2.24) is 0 Å². The van der Waals surface area contributed by atoms with Gasteiger partial charge in [0.1, 0.15) is 0 Å². The monoisotopic (exact) mass is 182 g/mol. The largest absolute Gasteiger partial charge is 0.396 e. The van der Waals surface area contributed by atoms with Crippen molar-refractivity contribution in [2.24, 2.45) is 0 Å². The Hall–Kier alpha value is -0.260. The van der Waals surface area contributed by atoms with Gasteiger partial charge in [0.25, 0.3) is 5.92 Å². The maximum absolute atomic E-state index is 12.2. The van der Waals surface area contributed by atoms with E-state index in [2.05, 4.69) is 0 Å². The van der Waals surface area contributed by atoms with Crippen LogP contribution in [0, 0.1) is 0 Å². The van der Waals surface area contributed by atoms with Crippen LogP contribution in [0.15, 0.2) is 0 Å². The Balaban J connectivity index is 2.10. The molecule has 12 heavy (non-hydrogen) atoms. The molecule has 0 aliphatic heterocycles. The van der Waals surface area contributed by atoms with Crippen LogP contribution in [0.5, 0.6) is 0 Å². The number of aliphatic hydroxyl groups excluding tert-OH is 2. The molecule has 72 valence electrons. The number of rotatable bonds is 4. The van der Waals surface area contributed by atoms with E-state index in [1.54, 1.807) is 0 Å². The van der Waals surface area contributed by atoms with Crippen molar-refractivity contribution >= 4 is 0 Å². The van der Waals surface area contributed by atoms with Crippen LogP contribution < -0.4 is 0 Å². The molecule has 5 heteroatoms. The molecule has 1 saturated carbocycles. The second-order valence-electron chi connectivity index (χ2n) is 2.99. The van der Waals surface area contributed by atoms with Crippen LogP contribution in [0.4, 0.5) is 8.78 Å². The van der Waals surface area contributed by atoms with Crippen LogP contribution >= 0.6 is 0 Å². The third-order valence-corrected chi connectivity index (χ3v) is 1.78. The average molecular weight is 182 g/mol. The quantitative estimate of drug-likeness (QED) is 0.622. The Kier molecular flexibility index (Phi) is 2.98. The van der Waals surface area contributed by atoms with Gasteiger partial charge < -0.3 is 14.9 Å². The van der Waals surface area contributed by atoms with Crippen molar-refractivity contribution in [1.29, 1.82) is 0 Å². The lowest BCUT2D eigenvalue weighted by Crippen LogP contribution is -2.43.